The molecule has 0 aliphatic heterocycles. The minimum Gasteiger partial charge on any atom is -0.330 e. The van der Waals surface area contributed by atoms with Crippen LogP contribution in [-0.2, 0) is 6.42 Å². The van der Waals surface area contributed by atoms with Crippen LogP contribution < -0.4 is 5.73 Å². The summed E-state index contributed by atoms with van der Waals surface area (Å²) >= 11 is 1.72. The summed E-state index contributed by atoms with van der Waals surface area (Å²) in [6.07, 6.45) is 3.97. The molecule has 68 valence electrons. The van der Waals surface area contributed by atoms with E-state index in [1.807, 2.05) is 11.6 Å². The van der Waals surface area contributed by atoms with Gasteiger partial charge in [-0.05, 0) is 18.4 Å². The van der Waals surface area contributed by atoms with Crippen molar-refractivity contribution in [3.05, 3.63) is 16.6 Å². The fourth-order valence-electron chi connectivity index (χ4n) is 1.23. The number of hydrogen-bond donors (Lipinski definition) is 1. The van der Waals surface area contributed by atoms with Crippen LogP contribution >= 0.6 is 11.3 Å². The van der Waals surface area contributed by atoms with Crippen LogP contribution in [0.4, 0.5) is 0 Å². The van der Waals surface area contributed by atoms with Crippen LogP contribution in [0.25, 0.3) is 0 Å². The number of nitrogens with zero attached hydrogens (tertiary/aromatic N) is 1. The quantitative estimate of drug-likeness (QED) is 0.778. The van der Waals surface area contributed by atoms with Crippen molar-refractivity contribution in [2.75, 3.05) is 6.54 Å². The first-order valence-electron chi connectivity index (χ1n) is 4.22. The fourth-order valence-corrected chi connectivity index (χ4v) is 2.10. The maximum Gasteiger partial charge on any atom is 0.0930 e. The Morgan fingerprint density at radius 2 is 2.33 bits per heavy atom. The normalized spacial score (nSPS) is 11.9. The van der Waals surface area contributed by atoms with Gasteiger partial charge in [-0.15, -0.1) is 11.3 Å². The van der Waals surface area contributed by atoms with Crippen LogP contribution in [0.15, 0.2) is 11.6 Å². The highest BCUT2D eigenvalue weighted by atomic mass is 32.1. The Balaban J connectivity index is 2.50. The molecule has 2 N–H and O–H groups in total. The molecule has 2 nitrogen and oxygen atoms in total. The summed E-state index contributed by atoms with van der Waals surface area (Å²) < 4.78 is 0. The van der Waals surface area contributed by atoms with E-state index in [-0.39, 0.29) is 0 Å². The summed E-state index contributed by atoms with van der Waals surface area (Å²) in [5.41, 5.74) is 5.82. The topological polar surface area (TPSA) is 38.9 Å². The highest BCUT2D eigenvalue weighted by Gasteiger charge is 2.18. The van der Waals surface area contributed by atoms with Crippen LogP contribution in [-0.4, -0.2) is 11.5 Å². The molecule has 0 radical (unpaired) electrons. The summed E-state index contributed by atoms with van der Waals surface area (Å²) in [5, 5.41) is 3.24. The van der Waals surface area contributed by atoms with Crippen molar-refractivity contribution in [1.82, 2.24) is 4.98 Å². The maximum atomic E-state index is 5.53. The molecule has 0 fully saturated rings. The lowest BCUT2D eigenvalue weighted by molar-refractivity contribution is 0.338. The van der Waals surface area contributed by atoms with Crippen molar-refractivity contribution in [1.29, 1.82) is 0 Å². The fraction of sp³-hybridized carbons (Fsp3) is 0.667. The van der Waals surface area contributed by atoms with E-state index in [0.29, 0.717) is 5.41 Å². The van der Waals surface area contributed by atoms with Crippen LogP contribution in [0.5, 0.6) is 0 Å². The molecule has 0 amide bonds. The first kappa shape index (κ1) is 9.68. The van der Waals surface area contributed by atoms with Crippen LogP contribution in [0, 0.1) is 5.41 Å². The zero-order valence-corrected chi connectivity index (χ0v) is 8.53. The average molecular weight is 184 g/mol. The van der Waals surface area contributed by atoms with Gasteiger partial charge in [0.05, 0.1) is 5.01 Å². The number of rotatable bonds is 4. The summed E-state index contributed by atoms with van der Waals surface area (Å²) in [4.78, 5) is 4.26. The Labute approximate surface area is 77.8 Å². The van der Waals surface area contributed by atoms with Gasteiger partial charge in [0.25, 0.3) is 0 Å². The molecular weight excluding hydrogens is 168 g/mol. The van der Waals surface area contributed by atoms with Gasteiger partial charge in [-0.25, -0.2) is 4.98 Å². The lowest BCUT2D eigenvalue weighted by Gasteiger charge is -2.22. The second-order valence-corrected chi connectivity index (χ2v) is 4.78. The van der Waals surface area contributed by atoms with Gasteiger partial charge >= 0.3 is 0 Å². The molecule has 0 saturated carbocycles. The summed E-state index contributed by atoms with van der Waals surface area (Å²) in [6.45, 7) is 5.24. The highest BCUT2D eigenvalue weighted by Crippen LogP contribution is 2.25. The first-order valence-corrected chi connectivity index (χ1v) is 5.10. The van der Waals surface area contributed by atoms with Crippen molar-refractivity contribution in [3.63, 3.8) is 0 Å². The van der Waals surface area contributed by atoms with Crippen molar-refractivity contribution in [2.24, 2.45) is 11.1 Å². The summed E-state index contributed by atoms with van der Waals surface area (Å²) in [6, 6.07) is 0. The number of nitrogens with two attached hydrogens (primary N) is 1. The molecule has 1 heterocycles. The van der Waals surface area contributed by atoms with Gasteiger partial charge in [0.15, 0.2) is 0 Å². The van der Waals surface area contributed by atoms with E-state index < -0.39 is 0 Å². The second-order valence-electron chi connectivity index (χ2n) is 3.81. The van der Waals surface area contributed by atoms with Gasteiger partial charge in [-0.3, -0.25) is 0 Å². The Bertz CT molecular complexity index is 216. The first-order chi connectivity index (χ1) is 5.64. The standard InChI is InChI=1S/C9H16N2S/c1-9(2,3-4-10)7-8-11-5-6-12-8/h5-6H,3-4,7,10H2,1-2H3. The Morgan fingerprint density at radius 3 is 2.83 bits per heavy atom. The van der Waals surface area contributed by atoms with Gasteiger partial charge in [-0.1, -0.05) is 13.8 Å². The zero-order chi connectivity index (χ0) is 9.03. The Kier molecular flexibility index (Phi) is 3.23. The van der Waals surface area contributed by atoms with Gasteiger partial charge in [0.2, 0.25) is 0 Å². The predicted molar refractivity (Wildman–Crippen MR) is 53.3 cm³/mol. The van der Waals surface area contributed by atoms with E-state index in [4.69, 9.17) is 5.73 Å². The molecule has 0 aromatic carbocycles. The predicted octanol–water partition coefficient (Wildman–Crippen LogP) is 2.06. The molecule has 0 atom stereocenters. The second kappa shape index (κ2) is 4.01. The third kappa shape index (κ3) is 2.91. The molecule has 1 aromatic heterocycles. The monoisotopic (exact) mass is 184 g/mol. The number of hydrogen-bond acceptors (Lipinski definition) is 3. The van der Waals surface area contributed by atoms with E-state index >= 15 is 0 Å². The van der Waals surface area contributed by atoms with Crippen LogP contribution in [0.1, 0.15) is 25.3 Å². The molecule has 0 spiro atoms. The van der Waals surface area contributed by atoms with Gasteiger partial charge < -0.3 is 5.73 Å². The lowest BCUT2D eigenvalue weighted by Crippen LogP contribution is -2.19. The largest absolute Gasteiger partial charge is 0.330 e. The Hall–Kier alpha value is -0.410. The van der Waals surface area contributed by atoms with Crippen molar-refractivity contribution in [3.8, 4) is 0 Å². The van der Waals surface area contributed by atoms with Gasteiger partial charge in [-0.2, -0.15) is 0 Å². The van der Waals surface area contributed by atoms with Crippen molar-refractivity contribution >= 4 is 11.3 Å². The third-order valence-corrected chi connectivity index (χ3v) is 2.71. The summed E-state index contributed by atoms with van der Waals surface area (Å²) in [5.74, 6) is 0. The molecular formula is C9H16N2S. The van der Waals surface area contributed by atoms with E-state index in [1.165, 1.54) is 5.01 Å². The third-order valence-electron chi connectivity index (χ3n) is 1.93. The smallest absolute Gasteiger partial charge is 0.0930 e. The lowest BCUT2D eigenvalue weighted by atomic mass is 9.86. The molecule has 0 saturated heterocycles. The molecule has 0 bridgehead atoms. The summed E-state index contributed by atoms with van der Waals surface area (Å²) in [7, 11) is 0. The molecule has 3 heteroatoms. The number of thiazole rings is 1. The van der Waals surface area contributed by atoms with Crippen molar-refractivity contribution < 1.29 is 0 Å². The molecule has 0 aliphatic rings. The van der Waals surface area contributed by atoms with Crippen LogP contribution in [0.2, 0.25) is 0 Å². The minimum atomic E-state index is 0.298. The minimum absolute atomic E-state index is 0.298. The van der Waals surface area contributed by atoms with Gasteiger partial charge in [0.1, 0.15) is 0 Å². The SMILES string of the molecule is CC(C)(CCN)Cc1nccs1. The maximum absolute atomic E-state index is 5.53. The Morgan fingerprint density at radius 1 is 1.58 bits per heavy atom. The number of aromatic nitrogens is 1. The van der Waals surface area contributed by atoms with Crippen molar-refractivity contribution in [2.45, 2.75) is 26.7 Å². The van der Waals surface area contributed by atoms with E-state index in [1.54, 1.807) is 11.3 Å². The average Bonchev–Trinajstić information content (AvgIpc) is 2.38. The molecule has 1 aromatic rings. The van der Waals surface area contributed by atoms with Gasteiger partial charge in [0, 0.05) is 18.0 Å². The van der Waals surface area contributed by atoms with E-state index in [9.17, 15) is 0 Å². The molecule has 0 aliphatic carbocycles. The molecule has 12 heavy (non-hydrogen) atoms. The van der Waals surface area contributed by atoms with E-state index in [0.717, 1.165) is 19.4 Å². The molecule has 1 rings (SSSR count). The van der Waals surface area contributed by atoms with E-state index in [2.05, 4.69) is 18.8 Å². The van der Waals surface area contributed by atoms with Crippen LogP contribution in [0.3, 0.4) is 0 Å². The molecule has 0 unspecified atom stereocenters. The highest BCUT2D eigenvalue weighted by molar-refractivity contribution is 7.09. The zero-order valence-electron chi connectivity index (χ0n) is 7.71.